The van der Waals surface area contributed by atoms with Crippen LogP contribution in [0.2, 0.25) is 0 Å². The first-order chi connectivity index (χ1) is 9.46. The quantitative estimate of drug-likeness (QED) is 0.826. The number of hydrogen-bond donors (Lipinski definition) is 1. The molecule has 0 radical (unpaired) electrons. The van der Waals surface area contributed by atoms with E-state index in [4.69, 9.17) is 0 Å². The number of rotatable bonds is 2. The molecule has 0 spiro atoms. The zero-order valence-electron chi connectivity index (χ0n) is 12.1. The van der Waals surface area contributed by atoms with Crippen molar-refractivity contribution in [3.8, 4) is 5.75 Å². The smallest absolute Gasteiger partial charge is 0.162 e. The van der Waals surface area contributed by atoms with Crippen LogP contribution in [0.1, 0.15) is 37.8 Å². The number of phenols is 1. The van der Waals surface area contributed by atoms with E-state index in [9.17, 15) is 9.90 Å². The summed E-state index contributed by atoms with van der Waals surface area (Å²) >= 11 is 0. The maximum Gasteiger partial charge on any atom is 0.162 e. The van der Waals surface area contributed by atoms with Gasteiger partial charge in [-0.25, -0.2) is 0 Å². The maximum absolute atomic E-state index is 12.5. The summed E-state index contributed by atoms with van der Waals surface area (Å²) in [5.41, 5.74) is 4.41. The van der Waals surface area contributed by atoms with E-state index in [1.54, 1.807) is 6.07 Å². The van der Waals surface area contributed by atoms with Crippen molar-refractivity contribution < 1.29 is 9.90 Å². The van der Waals surface area contributed by atoms with Gasteiger partial charge in [0.15, 0.2) is 5.78 Å². The summed E-state index contributed by atoms with van der Waals surface area (Å²) < 4.78 is 0. The van der Waals surface area contributed by atoms with E-state index >= 15 is 0 Å². The Morgan fingerprint density at radius 3 is 2.95 bits per heavy atom. The van der Waals surface area contributed by atoms with E-state index in [-0.39, 0.29) is 17.1 Å². The van der Waals surface area contributed by atoms with Gasteiger partial charge in [0, 0.05) is 5.92 Å². The molecule has 20 heavy (non-hydrogen) atoms. The minimum absolute atomic E-state index is 0.0157. The van der Waals surface area contributed by atoms with Gasteiger partial charge < -0.3 is 5.11 Å². The van der Waals surface area contributed by atoms with Crippen LogP contribution in [0.5, 0.6) is 5.75 Å². The van der Waals surface area contributed by atoms with E-state index < -0.39 is 0 Å². The minimum Gasteiger partial charge on any atom is -0.508 e. The van der Waals surface area contributed by atoms with Crippen molar-refractivity contribution in [2.24, 2.45) is 11.3 Å². The van der Waals surface area contributed by atoms with E-state index in [0.717, 1.165) is 36.0 Å². The van der Waals surface area contributed by atoms with Gasteiger partial charge in [-0.05, 0) is 66.0 Å². The number of hydrogen-bond acceptors (Lipinski definition) is 2. The lowest BCUT2D eigenvalue weighted by Gasteiger charge is -2.36. The Kier molecular flexibility index (Phi) is 2.86. The molecule has 2 nitrogen and oxygen atoms in total. The zero-order valence-corrected chi connectivity index (χ0v) is 12.1. The predicted octanol–water partition coefficient (Wildman–Crippen LogP) is 3.89. The van der Waals surface area contributed by atoms with Crippen molar-refractivity contribution >= 4 is 11.4 Å². The van der Waals surface area contributed by atoms with Crippen LogP contribution in [0.4, 0.5) is 0 Å². The largest absolute Gasteiger partial charge is 0.508 e. The van der Waals surface area contributed by atoms with Crippen molar-refractivity contribution in [2.45, 2.75) is 33.1 Å². The second-order valence-corrected chi connectivity index (χ2v) is 6.37. The summed E-state index contributed by atoms with van der Waals surface area (Å²) in [7, 11) is 0. The zero-order chi connectivity index (χ0) is 14.5. The molecule has 1 N–H and O–H groups in total. The molecule has 0 saturated heterocycles. The summed E-state index contributed by atoms with van der Waals surface area (Å²) in [6.45, 7) is 7.97. The Balaban J connectivity index is 2.15. The molecule has 1 aromatic rings. The number of aromatic hydroxyl groups is 1. The van der Waals surface area contributed by atoms with Crippen LogP contribution in [0.25, 0.3) is 5.57 Å². The number of allylic oxidation sites excluding steroid dienone is 3. The molecule has 0 fully saturated rings. The molecule has 0 saturated carbocycles. The predicted molar refractivity (Wildman–Crippen MR) is 80.4 cm³/mol. The lowest BCUT2D eigenvalue weighted by molar-refractivity contribution is -0.120. The minimum atomic E-state index is 0.0157. The van der Waals surface area contributed by atoms with Crippen molar-refractivity contribution in [3.63, 3.8) is 0 Å². The van der Waals surface area contributed by atoms with Gasteiger partial charge in [0.2, 0.25) is 0 Å². The van der Waals surface area contributed by atoms with Crippen molar-refractivity contribution in [1.82, 2.24) is 0 Å². The highest BCUT2D eigenvalue weighted by Crippen LogP contribution is 2.55. The van der Waals surface area contributed by atoms with Crippen LogP contribution in [-0.2, 0) is 11.2 Å². The van der Waals surface area contributed by atoms with Gasteiger partial charge in [0.25, 0.3) is 0 Å². The summed E-state index contributed by atoms with van der Waals surface area (Å²) in [5.74, 6) is 0.626. The highest BCUT2D eigenvalue weighted by atomic mass is 16.3. The van der Waals surface area contributed by atoms with Crippen molar-refractivity contribution in [1.29, 1.82) is 0 Å². The van der Waals surface area contributed by atoms with Gasteiger partial charge in [0.1, 0.15) is 5.75 Å². The number of carbonyl (C=O) groups excluding carboxylic acids is 1. The van der Waals surface area contributed by atoms with Crippen molar-refractivity contribution in [2.75, 3.05) is 0 Å². The molecule has 0 amide bonds. The lowest BCUT2D eigenvalue weighted by atomic mass is 9.66. The van der Waals surface area contributed by atoms with Crippen LogP contribution in [0.3, 0.4) is 0 Å². The van der Waals surface area contributed by atoms with E-state index in [0.29, 0.717) is 5.75 Å². The van der Waals surface area contributed by atoms with Gasteiger partial charge in [-0.2, -0.15) is 0 Å². The molecule has 0 bridgehead atoms. The monoisotopic (exact) mass is 268 g/mol. The fourth-order valence-corrected chi connectivity index (χ4v) is 4.09. The summed E-state index contributed by atoms with van der Waals surface area (Å²) in [5, 5.41) is 9.67. The molecule has 3 rings (SSSR count). The highest BCUT2D eigenvalue weighted by molar-refractivity contribution is 6.07. The normalized spacial score (nSPS) is 28.3. The fourth-order valence-electron chi connectivity index (χ4n) is 4.09. The van der Waals surface area contributed by atoms with Crippen molar-refractivity contribution in [3.05, 3.63) is 47.6 Å². The highest BCUT2D eigenvalue weighted by Gasteiger charge is 2.46. The first-order valence-electron chi connectivity index (χ1n) is 7.15. The molecule has 2 aliphatic rings. The molecule has 0 heterocycles. The number of Topliss-reactive ketones (excluding diaryl/α,β-unsaturated/α-hetero) is 1. The van der Waals surface area contributed by atoms with Gasteiger partial charge in [-0.3, -0.25) is 4.79 Å². The Labute approximate surface area is 119 Å². The number of fused-ring (bicyclic) bond motifs is 3. The lowest BCUT2D eigenvalue weighted by Crippen LogP contribution is -2.32. The molecule has 104 valence electrons. The number of carbonyl (C=O) groups is 1. The Morgan fingerprint density at radius 2 is 2.25 bits per heavy atom. The SMILES string of the molecule is C=CC[C@H]1C[C@@]2(C)Cc3cc(O)ccc3C2=C(C)C1=O. The molecule has 0 aromatic heterocycles. The topological polar surface area (TPSA) is 37.3 Å². The van der Waals surface area contributed by atoms with Gasteiger partial charge in [0.05, 0.1) is 0 Å². The van der Waals surface area contributed by atoms with Crippen LogP contribution in [0, 0.1) is 11.3 Å². The molecular weight excluding hydrogens is 248 g/mol. The standard InChI is InChI=1S/C18H20O2/c1-4-5-12-9-18(3)10-13-8-14(19)6-7-15(13)16(18)11(2)17(12)20/h4,6-8,12,19H,1,5,9-10H2,2-3H3/t12-,18-/m0/s1. The van der Waals surface area contributed by atoms with Crippen LogP contribution in [-0.4, -0.2) is 10.9 Å². The second kappa shape index (κ2) is 4.34. The van der Waals surface area contributed by atoms with Gasteiger partial charge in [-0.1, -0.05) is 19.1 Å². The van der Waals surface area contributed by atoms with E-state index in [1.807, 2.05) is 25.1 Å². The summed E-state index contributed by atoms with van der Waals surface area (Å²) in [6.07, 6.45) is 4.38. The van der Waals surface area contributed by atoms with E-state index in [2.05, 4.69) is 13.5 Å². The third-order valence-electron chi connectivity index (χ3n) is 4.81. The molecule has 2 atom stereocenters. The summed E-state index contributed by atoms with van der Waals surface area (Å²) in [6, 6.07) is 5.51. The van der Waals surface area contributed by atoms with Gasteiger partial charge >= 0.3 is 0 Å². The Hall–Kier alpha value is -1.83. The van der Waals surface area contributed by atoms with Crippen LogP contribution < -0.4 is 0 Å². The maximum atomic E-state index is 12.5. The Morgan fingerprint density at radius 1 is 1.50 bits per heavy atom. The van der Waals surface area contributed by atoms with Crippen LogP contribution in [0.15, 0.2) is 36.4 Å². The first kappa shape index (κ1) is 13.2. The molecule has 0 aliphatic heterocycles. The average Bonchev–Trinajstić information content (AvgIpc) is 2.67. The number of benzene rings is 1. The van der Waals surface area contributed by atoms with E-state index in [1.165, 1.54) is 5.57 Å². The molecule has 2 aliphatic carbocycles. The molecule has 1 aromatic carbocycles. The molecule has 0 unspecified atom stereocenters. The molecular formula is C18H20O2. The van der Waals surface area contributed by atoms with Crippen LogP contribution >= 0.6 is 0 Å². The molecule has 2 heteroatoms. The van der Waals surface area contributed by atoms with Gasteiger partial charge in [-0.15, -0.1) is 6.58 Å². The second-order valence-electron chi connectivity index (χ2n) is 6.37. The fraction of sp³-hybridized carbons (Fsp3) is 0.389. The first-order valence-corrected chi connectivity index (χ1v) is 7.15. The third-order valence-corrected chi connectivity index (χ3v) is 4.81. The average molecular weight is 268 g/mol. The third kappa shape index (κ3) is 1.75. The number of ketones is 1. The summed E-state index contributed by atoms with van der Waals surface area (Å²) in [4.78, 5) is 12.5. The Bertz CT molecular complexity index is 639. The number of phenolic OH excluding ortho intramolecular Hbond substituents is 1.